The highest BCUT2D eigenvalue weighted by molar-refractivity contribution is 8.03. The van der Waals surface area contributed by atoms with Crippen molar-refractivity contribution in [3.05, 3.63) is 36.3 Å². The van der Waals surface area contributed by atoms with Crippen molar-refractivity contribution in [2.75, 3.05) is 71.5 Å². The predicted octanol–water partition coefficient (Wildman–Crippen LogP) is 8.17. The van der Waals surface area contributed by atoms with Gasteiger partial charge in [0.15, 0.2) is 0 Å². The lowest BCUT2D eigenvalue weighted by Crippen LogP contribution is -2.45. The van der Waals surface area contributed by atoms with Gasteiger partial charge in [0, 0.05) is 71.0 Å². The van der Waals surface area contributed by atoms with E-state index in [0.29, 0.717) is 44.7 Å². The first kappa shape index (κ1) is 43.3. The van der Waals surface area contributed by atoms with Crippen LogP contribution in [0, 0.1) is 11.8 Å². The van der Waals surface area contributed by atoms with E-state index in [4.69, 9.17) is 24.1 Å². The summed E-state index contributed by atoms with van der Waals surface area (Å²) in [6.07, 6.45) is 11.9. The summed E-state index contributed by atoms with van der Waals surface area (Å²) in [6.45, 7) is 28.6. The molecule has 0 aliphatic carbocycles. The minimum Gasteiger partial charge on any atom is -0.498 e. The Morgan fingerprint density at radius 2 is 1.51 bits per heavy atom. The standard InChI is InChI=1S/C38H70N2O6S/c1-8-11-19-36(16-9-2)29-46-38(42)20-12-13-27-43-37(30-45-34(6)18-14-17-33(5)44-28-32(4)10-3)31-47-35(7)40-24-22-39(23-25-40)21-15-26-41/h32,36-37,41H,5-31H2,1-4H3. The molecule has 1 saturated heterocycles. The van der Waals surface area contributed by atoms with Crippen LogP contribution in [0.3, 0.4) is 0 Å². The molecule has 47 heavy (non-hydrogen) atoms. The van der Waals surface area contributed by atoms with Crippen molar-refractivity contribution >= 4 is 17.7 Å². The highest BCUT2D eigenvalue weighted by atomic mass is 32.2. The van der Waals surface area contributed by atoms with Crippen LogP contribution in [0.1, 0.15) is 111 Å². The molecule has 0 aromatic carbocycles. The summed E-state index contributed by atoms with van der Waals surface area (Å²) in [4.78, 5) is 17.1. The second-order valence-corrected chi connectivity index (χ2v) is 14.2. The van der Waals surface area contributed by atoms with E-state index in [9.17, 15) is 4.79 Å². The molecule has 1 N–H and O–H groups in total. The molecule has 0 amide bonds. The summed E-state index contributed by atoms with van der Waals surface area (Å²) in [5, 5.41) is 10.2. The van der Waals surface area contributed by atoms with Gasteiger partial charge in [-0.3, -0.25) is 9.69 Å². The number of carbonyl (C=O) groups is 1. The van der Waals surface area contributed by atoms with Crippen LogP contribution in [0.2, 0.25) is 0 Å². The Morgan fingerprint density at radius 1 is 0.809 bits per heavy atom. The summed E-state index contributed by atoms with van der Waals surface area (Å²) in [6, 6.07) is 0. The lowest BCUT2D eigenvalue weighted by atomic mass is 9.98. The van der Waals surface area contributed by atoms with E-state index in [2.05, 4.69) is 57.2 Å². The number of allylic oxidation sites excluding steroid dienone is 2. The van der Waals surface area contributed by atoms with Gasteiger partial charge in [-0.2, -0.15) is 0 Å². The molecule has 0 aromatic heterocycles. The van der Waals surface area contributed by atoms with Crippen LogP contribution in [-0.2, 0) is 23.7 Å². The number of hydrogen-bond acceptors (Lipinski definition) is 9. The summed E-state index contributed by atoms with van der Waals surface area (Å²) < 4.78 is 23.8. The third-order valence-electron chi connectivity index (χ3n) is 8.72. The molecule has 1 aliphatic heterocycles. The number of ether oxygens (including phenoxy) is 4. The van der Waals surface area contributed by atoms with E-state index in [1.807, 2.05) is 0 Å². The third kappa shape index (κ3) is 22.6. The van der Waals surface area contributed by atoms with Crippen molar-refractivity contribution in [3.63, 3.8) is 0 Å². The molecule has 1 rings (SSSR count). The van der Waals surface area contributed by atoms with Gasteiger partial charge in [-0.25, -0.2) is 0 Å². The first-order chi connectivity index (χ1) is 22.7. The number of nitrogens with zero attached hydrogens (tertiary/aromatic N) is 2. The van der Waals surface area contributed by atoms with Crippen LogP contribution in [-0.4, -0.2) is 98.5 Å². The molecular weight excluding hydrogens is 612 g/mol. The topological polar surface area (TPSA) is 80.7 Å². The summed E-state index contributed by atoms with van der Waals surface area (Å²) in [5.74, 6) is 3.21. The normalized spacial score (nSPS) is 15.6. The lowest BCUT2D eigenvalue weighted by Gasteiger charge is -2.36. The average Bonchev–Trinajstić information content (AvgIpc) is 3.08. The number of piperazine rings is 1. The Bertz CT molecular complexity index is 848. The number of unbranched alkanes of at least 4 members (excludes halogenated alkanes) is 2. The van der Waals surface area contributed by atoms with Crippen LogP contribution in [0.15, 0.2) is 36.3 Å². The zero-order chi connectivity index (χ0) is 34.7. The maximum Gasteiger partial charge on any atom is 0.305 e. The molecule has 1 heterocycles. The van der Waals surface area contributed by atoms with Gasteiger partial charge in [0.1, 0.15) is 12.7 Å². The van der Waals surface area contributed by atoms with Crippen molar-refractivity contribution in [3.8, 4) is 0 Å². The fraction of sp³-hybridized carbons (Fsp3) is 0.816. The van der Waals surface area contributed by atoms with Gasteiger partial charge in [0.25, 0.3) is 0 Å². The summed E-state index contributed by atoms with van der Waals surface area (Å²) in [5.41, 5.74) is 0. The van der Waals surface area contributed by atoms with E-state index in [-0.39, 0.29) is 18.7 Å². The molecule has 3 atom stereocenters. The number of esters is 1. The van der Waals surface area contributed by atoms with Crippen molar-refractivity contribution in [1.29, 1.82) is 0 Å². The Hall–Kier alpha value is -1.68. The Kier molecular flexibility index (Phi) is 26.0. The van der Waals surface area contributed by atoms with E-state index in [0.717, 1.165) is 119 Å². The van der Waals surface area contributed by atoms with E-state index < -0.39 is 0 Å². The molecule has 0 spiro atoms. The molecule has 274 valence electrons. The smallest absolute Gasteiger partial charge is 0.305 e. The SMILES string of the molecule is C=C(CCCC(=C)OCC(CSC(=C)N1CCN(CCCO)CC1)OCCCCC(=O)OCC(CCC)CCCC)OCC(C)CC. The van der Waals surface area contributed by atoms with Crippen LogP contribution in [0.25, 0.3) is 0 Å². The van der Waals surface area contributed by atoms with Crippen molar-refractivity contribution in [1.82, 2.24) is 9.80 Å². The quantitative estimate of drug-likeness (QED) is 0.0443. The maximum absolute atomic E-state index is 12.4. The molecule has 9 heteroatoms. The van der Waals surface area contributed by atoms with E-state index >= 15 is 0 Å². The molecule has 0 radical (unpaired) electrons. The molecule has 0 bridgehead atoms. The third-order valence-corrected chi connectivity index (χ3v) is 9.85. The first-order valence-electron chi connectivity index (χ1n) is 18.5. The van der Waals surface area contributed by atoms with Gasteiger partial charge >= 0.3 is 5.97 Å². The Labute approximate surface area is 292 Å². The Morgan fingerprint density at radius 3 is 2.15 bits per heavy atom. The van der Waals surface area contributed by atoms with Crippen molar-refractivity contribution in [2.45, 2.75) is 117 Å². The largest absolute Gasteiger partial charge is 0.498 e. The van der Waals surface area contributed by atoms with Crippen molar-refractivity contribution < 1.29 is 28.8 Å². The summed E-state index contributed by atoms with van der Waals surface area (Å²) >= 11 is 1.72. The summed E-state index contributed by atoms with van der Waals surface area (Å²) in [7, 11) is 0. The molecule has 0 aromatic rings. The molecule has 1 fully saturated rings. The number of aliphatic hydroxyl groups is 1. The number of aliphatic hydroxyl groups excluding tert-OH is 1. The number of carbonyl (C=O) groups excluding carboxylic acids is 1. The van der Waals surface area contributed by atoms with Gasteiger partial charge in [-0.05, 0) is 50.4 Å². The highest BCUT2D eigenvalue weighted by Crippen LogP contribution is 2.23. The van der Waals surface area contributed by atoms with Crippen LogP contribution in [0.4, 0.5) is 0 Å². The number of hydrogen-bond donors (Lipinski definition) is 1. The Balaban J connectivity index is 2.48. The van der Waals surface area contributed by atoms with Gasteiger partial charge in [0.2, 0.25) is 0 Å². The van der Waals surface area contributed by atoms with Gasteiger partial charge in [0.05, 0.1) is 29.8 Å². The first-order valence-corrected chi connectivity index (χ1v) is 19.5. The zero-order valence-corrected chi connectivity index (χ0v) is 31.4. The lowest BCUT2D eigenvalue weighted by molar-refractivity contribution is -0.145. The zero-order valence-electron chi connectivity index (χ0n) is 30.6. The second-order valence-electron chi connectivity index (χ2n) is 13.1. The number of rotatable bonds is 31. The van der Waals surface area contributed by atoms with Gasteiger partial charge in [-0.1, -0.05) is 73.1 Å². The average molecular weight is 683 g/mol. The molecule has 0 saturated carbocycles. The number of thioether (sulfide) groups is 1. The monoisotopic (exact) mass is 682 g/mol. The molecule has 8 nitrogen and oxygen atoms in total. The predicted molar refractivity (Wildman–Crippen MR) is 197 cm³/mol. The van der Waals surface area contributed by atoms with Crippen LogP contribution >= 0.6 is 11.8 Å². The van der Waals surface area contributed by atoms with Gasteiger partial charge < -0.3 is 29.0 Å². The fourth-order valence-electron chi connectivity index (χ4n) is 5.27. The minimum atomic E-state index is -0.117. The van der Waals surface area contributed by atoms with E-state index in [1.54, 1.807) is 11.8 Å². The minimum absolute atomic E-state index is 0.102. The molecule has 3 unspecified atom stereocenters. The second kappa shape index (κ2) is 28.2. The highest BCUT2D eigenvalue weighted by Gasteiger charge is 2.20. The van der Waals surface area contributed by atoms with E-state index in [1.165, 1.54) is 12.8 Å². The van der Waals surface area contributed by atoms with Crippen LogP contribution < -0.4 is 0 Å². The maximum atomic E-state index is 12.4. The van der Waals surface area contributed by atoms with Crippen molar-refractivity contribution in [2.24, 2.45) is 11.8 Å². The fourth-order valence-corrected chi connectivity index (χ4v) is 6.21. The van der Waals surface area contributed by atoms with Gasteiger partial charge in [-0.15, -0.1) is 11.8 Å². The molecular formula is C38H70N2O6S. The molecule has 1 aliphatic rings. The van der Waals surface area contributed by atoms with Crippen LogP contribution in [0.5, 0.6) is 0 Å².